The van der Waals surface area contributed by atoms with Crippen LogP contribution in [-0.2, 0) is 13.0 Å². The highest BCUT2D eigenvalue weighted by atomic mass is 15.2. The summed E-state index contributed by atoms with van der Waals surface area (Å²) in [4.78, 5) is 23.0. The predicted molar refractivity (Wildman–Crippen MR) is 129 cm³/mol. The summed E-state index contributed by atoms with van der Waals surface area (Å²) in [6.07, 6.45) is 11.2. The third-order valence-electron chi connectivity index (χ3n) is 6.06. The minimum absolute atomic E-state index is 0. The average molecular weight is 432 g/mol. The summed E-state index contributed by atoms with van der Waals surface area (Å²) in [7, 11) is 0. The van der Waals surface area contributed by atoms with E-state index < -0.39 is 0 Å². The third-order valence-corrected chi connectivity index (χ3v) is 6.06. The van der Waals surface area contributed by atoms with Crippen molar-refractivity contribution in [1.82, 2.24) is 29.8 Å². The summed E-state index contributed by atoms with van der Waals surface area (Å²) in [5, 5.41) is 3.34. The van der Waals surface area contributed by atoms with Gasteiger partial charge in [0.05, 0.1) is 29.3 Å². The molecule has 1 aliphatic rings. The minimum Gasteiger partial charge on any atom is -0.356 e. The Bertz CT molecular complexity index is 1070. The summed E-state index contributed by atoms with van der Waals surface area (Å²) >= 11 is 0. The second-order valence-corrected chi connectivity index (χ2v) is 8.20. The first-order chi connectivity index (χ1) is 15.4. The molecule has 0 saturated carbocycles. The number of aryl methyl sites for hydroxylation is 1. The fourth-order valence-electron chi connectivity index (χ4n) is 4.57. The Kier molecular flexibility index (Phi) is 7.17. The SMILES string of the molecule is C.c1cnc2c(c1)CCCC2N(CCCCNc1ncc[nH]1)Cc1nc2ccccc2[nH]1. The maximum Gasteiger partial charge on any atom is 0.200 e. The zero-order valence-corrected chi connectivity index (χ0v) is 17.7. The van der Waals surface area contributed by atoms with E-state index in [1.807, 2.05) is 18.5 Å². The molecule has 0 radical (unpaired) electrons. The Balaban J connectivity index is 0.00000245. The van der Waals surface area contributed by atoms with Crippen LogP contribution in [0.1, 0.15) is 56.2 Å². The molecule has 4 aromatic rings. The van der Waals surface area contributed by atoms with Gasteiger partial charge in [-0.05, 0) is 62.4 Å². The lowest BCUT2D eigenvalue weighted by molar-refractivity contribution is 0.159. The van der Waals surface area contributed by atoms with Gasteiger partial charge >= 0.3 is 0 Å². The summed E-state index contributed by atoms with van der Waals surface area (Å²) in [6, 6.07) is 12.9. The molecule has 3 N–H and O–H groups in total. The van der Waals surface area contributed by atoms with Crippen LogP contribution < -0.4 is 5.32 Å². The Hall–Kier alpha value is -3.19. The number of H-pyrrole nitrogens is 2. The first kappa shape index (κ1) is 22.0. The quantitative estimate of drug-likeness (QED) is 0.322. The summed E-state index contributed by atoms with van der Waals surface area (Å²) in [5.74, 6) is 1.86. The molecule has 0 amide bonds. The Labute approximate surface area is 189 Å². The van der Waals surface area contributed by atoms with Crippen LogP contribution in [0.15, 0.2) is 55.0 Å². The molecule has 0 fully saturated rings. The van der Waals surface area contributed by atoms with Crippen molar-refractivity contribution in [3.63, 3.8) is 0 Å². The third kappa shape index (κ3) is 4.99. The standard InChI is InChI=1S/C24H29N7.CH4/c1-2-10-20-19(9-1)29-22(30-20)17-31(16-4-3-12-26-24-27-14-15-28-24)21-11-5-7-18-8-6-13-25-23(18)21;/h1-2,6,8-10,13-15,21H,3-5,7,11-12,16-17H2,(H,29,30)(H2,26,27,28);1H4. The van der Waals surface area contributed by atoms with Crippen LogP contribution in [0, 0.1) is 0 Å². The molecule has 7 nitrogen and oxygen atoms in total. The van der Waals surface area contributed by atoms with Gasteiger partial charge < -0.3 is 15.3 Å². The maximum absolute atomic E-state index is 4.84. The van der Waals surface area contributed by atoms with Crippen LogP contribution in [0.5, 0.6) is 0 Å². The number of hydrogen-bond acceptors (Lipinski definition) is 5. The van der Waals surface area contributed by atoms with E-state index in [4.69, 9.17) is 9.97 Å². The fraction of sp³-hybridized carbons (Fsp3) is 0.400. The molecule has 1 unspecified atom stereocenters. The number of para-hydroxylation sites is 2. The Morgan fingerprint density at radius 3 is 2.88 bits per heavy atom. The van der Waals surface area contributed by atoms with Crippen molar-refractivity contribution in [1.29, 1.82) is 0 Å². The number of unbranched alkanes of at least 4 members (excludes halogenated alkanes) is 1. The highest BCUT2D eigenvalue weighted by molar-refractivity contribution is 5.74. The van der Waals surface area contributed by atoms with Crippen LogP contribution in [0.4, 0.5) is 5.95 Å². The smallest absolute Gasteiger partial charge is 0.200 e. The van der Waals surface area contributed by atoms with E-state index in [0.717, 1.165) is 68.1 Å². The molecule has 1 atom stereocenters. The van der Waals surface area contributed by atoms with Gasteiger partial charge in [-0.3, -0.25) is 9.88 Å². The van der Waals surface area contributed by atoms with Crippen molar-refractivity contribution < 1.29 is 0 Å². The minimum atomic E-state index is 0. The number of benzene rings is 1. The van der Waals surface area contributed by atoms with Gasteiger partial charge in [-0.25, -0.2) is 9.97 Å². The lowest BCUT2D eigenvalue weighted by Gasteiger charge is -2.34. The van der Waals surface area contributed by atoms with Gasteiger partial charge in [0, 0.05) is 25.1 Å². The van der Waals surface area contributed by atoms with Crippen molar-refractivity contribution >= 4 is 17.0 Å². The monoisotopic (exact) mass is 431 g/mol. The molecule has 3 heterocycles. The lowest BCUT2D eigenvalue weighted by Crippen LogP contribution is -2.33. The van der Waals surface area contributed by atoms with Gasteiger partial charge in [-0.2, -0.15) is 0 Å². The van der Waals surface area contributed by atoms with E-state index in [9.17, 15) is 0 Å². The molecule has 7 heteroatoms. The van der Waals surface area contributed by atoms with Crippen molar-refractivity contribution in [2.24, 2.45) is 0 Å². The second-order valence-electron chi connectivity index (χ2n) is 8.20. The Morgan fingerprint density at radius 2 is 2.00 bits per heavy atom. The summed E-state index contributed by atoms with van der Waals surface area (Å²) in [5.41, 5.74) is 4.77. The van der Waals surface area contributed by atoms with E-state index in [2.05, 4.69) is 55.5 Å². The second kappa shape index (κ2) is 10.4. The number of aromatic nitrogens is 5. The molecular formula is C25H33N7. The van der Waals surface area contributed by atoms with E-state index in [1.165, 1.54) is 17.7 Å². The summed E-state index contributed by atoms with van der Waals surface area (Å²) < 4.78 is 0. The molecule has 1 aromatic carbocycles. The molecular weight excluding hydrogens is 398 g/mol. The first-order valence-corrected chi connectivity index (χ1v) is 11.2. The average Bonchev–Trinajstić information content (AvgIpc) is 3.47. The molecule has 0 bridgehead atoms. The van der Waals surface area contributed by atoms with Gasteiger partial charge in [0.1, 0.15) is 5.82 Å². The van der Waals surface area contributed by atoms with Crippen molar-refractivity contribution in [3.8, 4) is 0 Å². The summed E-state index contributed by atoms with van der Waals surface area (Å²) in [6.45, 7) is 2.73. The Morgan fingerprint density at radius 1 is 1.06 bits per heavy atom. The molecule has 0 aliphatic heterocycles. The number of nitrogens with zero attached hydrogens (tertiary/aromatic N) is 4. The zero-order valence-electron chi connectivity index (χ0n) is 17.7. The largest absolute Gasteiger partial charge is 0.356 e. The molecule has 1 aliphatic carbocycles. The number of aromatic amines is 2. The first-order valence-electron chi connectivity index (χ1n) is 11.2. The number of imidazole rings is 2. The van der Waals surface area contributed by atoms with E-state index in [0.29, 0.717) is 6.04 Å². The van der Waals surface area contributed by atoms with Gasteiger partial charge in [0.2, 0.25) is 0 Å². The fourth-order valence-corrected chi connectivity index (χ4v) is 4.57. The van der Waals surface area contributed by atoms with Crippen LogP contribution in [0.3, 0.4) is 0 Å². The lowest BCUT2D eigenvalue weighted by atomic mass is 9.90. The van der Waals surface area contributed by atoms with Gasteiger partial charge in [0.25, 0.3) is 0 Å². The van der Waals surface area contributed by atoms with Crippen molar-refractivity contribution in [3.05, 3.63) is 72.1 Å². The number of rotatable bonds is 9. The van der Waals surface area contributed by atoms with E-state index in [1.54, 1.807) is 6.20 Å². The molecule has 0 spiro atoms. The van der Waals surface area contributed by atoms with Crippen LogP contribution in [-0.4, -0.2) is 42.9 Å². The van der Waals surface area contributed by atoms with Gasteiger partial charge in [-0.15, -0.1) is 0 Å². The maximum atomic E-state index is 4.84. The predicted octanol–water partition coefficient (Wildman–Crippen LogP) is 5.09. The van der Waals surface area contributed by atoms with E-state index in [-0.39, 0.29) is 7.43 Å². The zero-order chi connectivity index (χ0) is 20.9. The molecule has 0 saturated heterocycles. The molecule has 168 valence electrons. The van der Waals surface area contributed by atoms with Crippen molar-refractivity contribution in [2.45, 2.75) is 52.1 Å². The number of anilines is 1. The van der Waals surface area contributed by atoms with Crippen LogP contribution in [0.2, 0.25) is 0 Å². The van der Waals surface area contributed by atoms with Crippen LogP contribution in [0.25, 0.3) is 11.0 Å². The number of nitrogens with one attached hydrogen (secondary N) is 3. The van der Waals surface area contributed by atoms with Gasteiger partial charge in [0.15, 0.2) is 5.95 Å². The van der Waals surface area contributed by atoms with E-state index >= 15 is 0 Å². The number of hydrogen-bond donors (Lipinski definition) is 3. The number of fused-ring (bicyclic) bond motifs is 2. The number of pyridine rings is 1. The topological polar surface area (TPSA) is 85.5 Å². The van der Waals surface area contributed by atoms with Crippen LogP contribution >= 0.6 is 0 Å². The molecule has 5 rings (SSSR count). The van der Waals surface area contributed by atoms with Crippen molar-refractivity contribution in [2.75, 3.05) is 18.4 Å². The highest BCUT2D eigenvalue weighted by Gasteiger charge is 2.27. The molecule has 32 heavy (non-hydrogen) atoms. The highest BCUT2D eigenvalue weighted by Crippen LogP contribution is 2.33. The molecule has 3 aromatic heterocycles. The normalized spacial score (nSPS) is 15.5. The van der Waals surface area contributed by atoms with Gasteiger partial charge in [-0.1, -0.05) is 25.6 Å².